The van der Waals surface area contributed by atoms with Crippen LogP contribution in [0.2, 0.25) is 0 Å². The number of rotatable bonds is 5. The minimum atomic E-state index is -4.56. The molecule has 164 valence electrons. The Morgan fingerprint density at radius 2 is 2.33 bits per heavy atom. The number of phosphoric ester groups is 1. The van der Waals surface area contributed by atoms with Crippen LogP contribution >= 0.6 is 19.6 Å². The van der Waals surface area contributed by atoms with Crippen LogP contribution in [0.25, 0.3) is 11.2 Å². The number of phosphoric acid groups is 1. The van der Waals surface area contributed by atoms with Crippen molar-refractivity contribution in [3.63, 3.8) is 0 Å². The van der Waals surface area contributed by atoms with E-state index in [9.17, 15) is 24.2 Å². The highest BCUT2D eigenvalue weighted by atomic mass is 32.2. The highest BCUT2D eigenvalue weighted by Gasteiger charge is 2.51. The Balaban J connectivity index is 0.00000272. The number of nitrogens with zero attached hydrogens (tertiary/aromatic N) is 3. The van der Waals surface area contributed by atoms with Crippen LogP contribution in [0, 0.1) is 0 Å². The number of imidazole rings is 1. The minimum Gasteiger partial charge on any atom is -0.756 e. The van der Waals surface area contributed by atoms with Crippen LogP contribution in [0.4, 0.5) is 5.95 Å². The van der Waals surface area contributed by atoms with Gasteiger partial charge in [-0.05, 0) is 0 Å². The third-order valence-electron chi connectivity index (χ3n) is 4.46. The summed E-state index contributed by atoms with van der Waals surface area (Å²) in [5, 5.41) is 13.6. The van der Waals surface area contributed by atoms with Crippen molar-refractivity contribution in [1.29, 1.82) is 0 Å². The summed E-state index contributed by atoms with van der Waals surface area (Å²) in [7, 11) is -4.56. The summed E-state index contributed by atoms with van der Waals surface area (Å²) in [6, 6.07) is 0. The predicted octanol–water partition coefficient (Wildman–Crippen LogP) is -1.82. The van der Waals surface area contributed by atoms with Crippen LogP contribution in [0.5, 0.6) is 0 Å². The number of hydrogen-bond acceptors (Lipinski definition) is 12. The zero-order chi connectivity index (χ0) is 21.6. The molecule has 4 rings (SSSR count). The lowest BCUT2D eigenvalue weighted by Crippen LogP contribution is -2.41. The van der Waals surface area contributed by atoms with E-state index in [2.05, 4.69) is 24.8 Å². The van der Waals surface area contributed by atoms with Crippen molar-refractivity contribution in [3.8, 4) is 0 Å². The largest absolute Gasteiger partial charge is 1.00 e. The van der Waals surface area contributed by atoms with E-state index in [4.69, 9.17) is 15.0 Å². The lowest BCUT2D eigenvalue weighted by Gasteiger charge is -2.34. The van der Waals surface area contributed by atoms with Crippen molar-refractivity contribution in [2.24, 2.45) is 0 Å². The molecule has 0 bridgehead atoms. The van der Waals surface area contributed by atoms with Gasteiger partial charge in [-0.2, -0.15) is 4.98 Å². The van der Waals surface area contributed by atoms with Crippen molar-refractivity contribution >= 4 is 42.6 Å². The molecule has 0 aromatic carbocycles. The molecular weight excluding hydrogens is 443 g/mol. The number of ether oxygens (including phenoxy) is 1. The van der Waals surface area contributed by atoms with Crippen LogP contribution in [-0.4, -0.2) is 67.7 Å². The Hall–Kier alpha value is -2.00. The Labute approximate surface area is 174 Å². The number of hydrogen-bond donors (Lipinski definition) is 4. The number of nitrogens with one attached hydrogen (secondary N) is 2. The molecule has 5 N–H and O–H groups in total. The second-order valence-electron chi connectivity index (χ2n) is 6.59. The molecule has 0 radical (unpaired) electrons. The van der Waals surface area contributed by atoms with E-state index >= 15 is 0 Å². The number of nitrogen functional groups attached to an aromatic ring is 1. The number of H-pyrrole nitrogens is 1. The molecule has 2 fully saturated rings. The standard InChI is InChI=1S/C14H19N6O8PS/c1-5(21)16-2-3-30-14-17-7-10(18-13(15)19-11(7)23)20(14)12-8(22)9-6(27-12)4-26-29(24,25)28-9/h6,8-9,12,22H,2-4H2,1H3,(H,16,21)(H,24,25)(H3,15,18,19,23)/t6?,8?,9-,12-/m1/s1. The molecule has 14 nitrogen and oxygen atoms in total. The molecule has 2 aromatic rings. The van der Waals surface area contributed by atoms with Gasteiger partial charge in [0.05, 0.1) is 6.61 Å². The summed E-state index contributed by atoms with van der Waals surface area (Å²) in [6.07, 6.45) is -4.64. The van der Waals surface area contributed by atoms with Crippen molar-refractivity contribution in [2.45, 2.75) is 36.6 Å². The molecule has 4 heterocycles. The van der Waals surface area contributed by atoms with Gasteiger partial charge in [-0.15, -0.1) is 0 Å². The molecule has 30 heavy (non-hydrogen) atoms. The van der Waals surface area contributed by atoms with Gasteiger partial charge in [-0.1, -0.05) is 11.8 Å². The Bertz CT molecular complexity index is 1100. The minimum absolute atomic E-state index is 0. The maximum Gasteiger partial charge on any atom is 1.00 e. The number of aliphatic hydroxyl groups is 1. The summed E-state index contributed by atoms with van der Waals surface area (Å²) in [5.74, 6) is 0.0197. The van der Waals surface area contributed by atoms with Gasteiger partial charge in [0.15, 0.2) is 22.5 Å². The molecule has 0 spiro atoms. The van der Waals surface area contributed by atoms with Gasteiger partial charge < -0.3 is 34.8 Å². The molecule has 3 unspecified atom stereocenters. The van der Waals surface area contributed by atoms with Gasteiger partial charge >= 0.3 is 1.43 Å². The highest BCUT2D eigenvalue weighted by Crippen LogP contribution is 2.50. The number of thioether (sulfide) groups is 1. The van der Waals surface area contributed by atoms with Crippen molar-refractivity contribution in [3.05, 3.63) is 10.4 Å². The van der Waals surface area contributed by atoms with E-state index in [0.717, 1.165) is 0 Å². The van der Waals surface area contributed by atoms with Crippen LogP contribution in [0.3, 0.4) is 0 Å². The SMILES string of the molecule is CC(=O)NCCSc1nc2c(=O)[nH]c(N)nc2n1[C@@H]1OC2COP(=O)([O-])O[C@H]2C1O.[H+]. The number of fused-ring (bicyclic) bond motifs is 2. The highest BCUT2D eigenvalue weighted by molar-refractivity contribution is 7.99. The van der Waals surface area contributed by atoms with Gasteiger partial charge in [0.2, 0.25) is 11.9 Å². The van der Waals surface area contributed by atoms with Gasteiger partial charge in [0.1, 0.15) is 18.3 Å². The van der Waals surface area contributed by atoms with E-state index in [1.807, 2.05) is 0 Å². The predicted molar refractivity (Wildman–Crippen MR) is 101 cm³/mol. The molecule has 2 aliphatic heterocycles. The van der Waals surface area contributed by atoms with E-state index in [1.165, 1.54) is 23.3 Å². The zero-order valence-corrected chi connectivity index (χ0v) is 17.2. The topological polar surface area (TPSA) is 207 Å². The Morgan fingerprint density at radius 3 is 3.07 bits per heavy atom. The van der Waals surface area contributed by atoms with E-state index in [0.29, 0.717) is 12.3 Å². The van der Waals surface area contributed by atoms with Crippen molar-refractivity contribution in [1.82, 2.24) is 24.8 Å². The average Bonchev–Trinajstić information content (AvgIpc) is 3.16. The first-order valence-corrected chi connectivity index (χ1v) is 11.2. The van der Waals surface area contributed by atoms with Crippen LogP contribution in [0.15, 0.2) is 9.95 Å². The number of carbonyl (C=O) groups is 1. The number of amides is 1. The van der Waals surface area contributed by atoms with Crippen LogP contribution in [-0.2, 0) is 23.1 Å². The lowest BCUT2D eigenvalue weighted by molar-refractivity contribution is -0.245. The zero-order valence-electron chi connectivity index (χ0n) is 16.5. The first kappa shape index (κ1) is 21.2. The fraction of sp³-hybridized carbons (Fsp3) is 0.571. The molecule has 2 saturated heterocycles. The molecule has 1 amide bonds. The smallest absolute Gasteiger partial charge is 0.756 e. The quantitative estimate of drug-likeness (QED) is 0.220. The number of nitrogens with two attached hydrogens (primary N) is 1. The third kappa shape index (κ3) is 3.97. The summed E-state index contributed by atoms with van der Waals surface area (Å²) < 4.78 is 28.2. The molecule has 5 atom stereocenters. The molecular formula is C14H19N6O8PS. The van der Waals surface area contributed by atoms with Crippen LogP contribution < -0.4 is 21.5 Å². The number of aliphatic hydroxyl groups excluding tert-OH is 1. The summed E-state index contributed by atoms with van der Waals surface area (Å²) in [5.41, 5.74) is 5.08. The van der Waals surface area contributed by atoms with Gasteiger partial charge in [0.25, 0.3) is 13.4 Å². The fourth-order valence-corrected chi connectivity index (χ4v) is 5.04. The molecule has 2 aromatic heterocycles. The van der Waals surface area contributed by atoms with Crippen LogP contribution in [0.1, 0.15) is 14.6 Å². The second-order valence-corrected chi connectivity index (χ2v) is 9.01. The van der Waals surface area contributed by atoms with Crippen molar-refractivity contribution < 1.29 is 34.6 Å². The van der Waals surface area contributed by atoms with Gasteiger partial charge in [-0.3, -0.25) is 23.7 Å². The molecule has 16 heteroatoms. The molecule has 0 aliphatic carbocycles. The number of carbonyl (C=O) groups excluding carboxylic acids is 1. The van der Waals surface area contributed by atoms with Gasteiger partial charge in [0, 0.05) is 19.2 Å². The van der Waals surface area contributed by atoms with E-state index in [-0.39, 0.29) is 36.2 Å². The Kier molecular flexibility index (Phi) is 5.61. The fourth-order valence-electron chi connectivity index (χ4n) is 3.22. The maximum atomic E-state index is 12.3. The molecule has 0 saturated carbocycles. The summed E-state index contributed by atoms with van der Waals surface area (Å²) >= 11 is 1.18. The van der Waals surface area contributed by atoms with Gasteiger partial charge in [-0.25, -0.2) is 4.98 Å². The number of anilines is 1. The summed E-state index contributed by atoms with van der Waals surface area (Å²) in [6.45, 7) is 1.38. The number of aromatic nitrogens is 4. The molecule has 2 aliphatic rings. The first-order chi connectivity index (χ1) is 14.2. The normalized spacial score (nSPS) is 31.0. The van der Waals surface area contributed by atoms with E-state index in [1.54, 1.807) is 0 Å². The monoisotopic (exact) mass is 462 g/mol. The third-order valence-corrected chi connectivity index (χ3v) is 6.38. The average molecular weight is 462 g/mol. The van der Waals surface area contributed by atoms with E-state index < -0.39 is 37.9 Å². The summed E-state index contributed by atoms with van der Waals surface area (Å²) in [4.78, 5) is 45.7. The second kappa shape index (κ2) is 7.92. The lowest BCUT2D eigenvalue weighted by atomic mass is 10.1. The van der Waals surface area contributed by atoms with Crippen molar-refractivity contribution in [2.75, 3.05) is 24.6 Å². The first-order valence-electron chi connectivity index (χ1n) is 8.79. The Morgan fingerprint density at radius 1 is 1.57 bits per heavy atom. The maximum absolute atomic E-state index is 12.3. The number of aromatic amines is 1.